The van der Waals surface area contributed by atoms with E-state index >= 15 is 0 Å². The number of nitrogens with one attached hydrogen (secondary N) is 1. The summed E-state index contributed by atoms with van der Waals surface area (Å²) in [5, 5.41) is 3.57. The molecule has 3 rings (SSSR count). The third-order valence-corrected chi connectivity index (χ3v) is 4.64. The molecule has 1 aromatic heterocycles. The van der Waals surface area contributed by atoms with Gasteiger partial charge in [-0.1, -0.05) is 30.7 Å². The average molecular weight is 283 g/mol. The molecular formula is C19H25NO. The second-order valence-corrected chi connectivity index (χ2v) is 6.59. The topological polar surface area (TPSA) is 25.2 Å². The number of hydrogen-bond donors (Lipinski definition) is 1. The molecule has 2 aromatic rings. The van der Waals surface area contributed by atoms with Gasteiger partial charge in [-0.05, 0) is 56.4 Å². The van der Waals surface area contributed by atoms with Crippen LogP contribution in [-0.4, -0.2) is 0 Å². The van der Waals surface area contributed by atoms with E-state index in [2.05, 4.69) is 63.3 Å². The molecule has 1 saturated carbocycles. The van der Waals surface area contributed by atoms with Crippen molar-refractivity contribution in [3.05, 3.63) is 58.5 Å². The van der Waals surface area contributed by atoms with E-state index in [-0.39, 0.29) is 0 Å². The zero-order valence-electron chi connectivity index (χ0n) is 13.4. The molecule has 1 aliphatic rings. The number of rotatable bonds is 5. The van der Waals surface area contributed by atoms with E-state index in [4.69, 9.17) is 4.42 Å². The summed E-state index contributed by atoms with van der Waals surface area (Å²) in [6.45, 7) is 9.61. The zero-order valence-corrected chi connectivity index (χ0v) is 13.4. The molecule has 21 heavy (non-hydrogen) atoms. The fourth-order valence-electron chi connectivity index (χ4n) is 3.00. The maximum atomic E-state index is 5.96. The zero-order chi connectivity index (χ0) is 15.0. The van der Waals surface area contributed by atoms with Gasteiger partial charge < -0.3 is 9.73 Å². The van der Waals surface area contributed by atoms with Crippen molar-refractivity contribution >= 4 is 0 Å². The molecule has 112 valence electrons. The lowest BCUT2D eigenvalue weighted by Crippen LogP contribution is -2.18. The Bertz CT molecular complexity index is 628. The minimum atomic E-state index is 0.332. The first-order chi connectivity index (χ1) is 10.0. The summed E-state index contributed by atoms with van der Waals surface area (Å²) < 4.78 is 5.96. The molecule has 1 aliphatic carbocycles. The lowest BCUT2D eigenvalue weighted by Gasteiger charge is -2.16. The van der Waals surface area contributed by atoms with Crippen LogP contribution in [0.5, 0.6) is 0 Å². The monoisotopic (exact) mass is 283 g/mol. The van der Waals surface area contributed by atoms with Crippen LogP contribution in [0.25, 0.3) is 0 Å². The maximum absolute atomic E-state index is 5.96. The Morgan fingerprint density at radius 1 is 1.24 bits per heavy atom. The van der Waals surface area contributed by atoms with Gasteiger partial charge in [0.2, 0.25) is 0 Å². The molecule has 2 heteroatoms. The van der Waals surface area contributed by atoms with Gasteiger partial charge in [-0.2, -0.15) is 0 Å². The molecular weight excluding hydrogens is 258 g/mol. The summed E-state index contributed by atoms with van der Waals surface area (Å²) in [5.41, 5.74) is 4.03. The fourth-order valence-corrected chi connectivity index (χ4v) is 3.00. The van der Waals surface area contributed by atoms with Crippen molar-refractivity contribution < 1.29 is 4.42 Å². The molecule has 0 bridgehead atoms. The predicted molar refractivity (Wildman–Crippen MR) is 86.4 cm³/mol. The summed E-state index contributed by atoms with van der Waals surface area (Å²) in [6, 6.07) is 11.2. The predicted octanol–water partition coefficient (Wildman–Crippen LogP) is 4.87. The molecule has 0 aliphatic heterocycles. The van der Waals surface area contributed by atoms with E-state index in [0.29, 0.717) is 12.0 Å². The maximum Gasteiger partial charge on any atom is 0.117 e. The molecule has 3 unspecified atom stereocenters. The Balaban J connectivity index is 1.61. The van der Waals surface area contributed by atoms with Crippen LogP contribution in [0.1, 0.15) is 60.4 Å². The van der Waals surface area contributed by atoms with Crippen molar-refractivity contribution in [1.82, 2.24) is 5.32 Å². The molecule has 0 radical (unpaired) electrons. The van der Waals surface area contributed by atoms with Crippen LogP contribution < -0.4 is 5.32 Å². The third kappa shape index (κ3) is 3.21. The Morgan fingerprint density at radius 2 is 2.00 bits per heavy atom. The van der Waals surface area contributed by atoms with Crippen molar-refractivity contribution in [3.63, 3.8) is 0 Å². The highest BCUT2D eigenvalue weighted by Gasteiger charge is 2.36. The molecule has 1 N–H and O–H groups in total. The minimum absolute atomic E-state index is 0.332. The summed E-state index contributed by atoms with van der Waals surface area (Å²) >= 11 is 0. The van der Waals surface area contributed by atoms with Crippen LogP contribution in [0, 0.1) is 19.8 Å². The lowest BCUT2D eigenvalue weighted by atomic mass is 10.00. The summed E-state index contributed by atoms with van der Waals surface area (Å²) in [4.78, 5) is 0. The van der Waals surface area contributed by atoms with Crippen LogP contribution in [-0.2, 0) is 6.54 Å². The summed E-state index contributed by atoms with van der Waals surface area (Å²) in [6.07, 6.45) is 1.28. The van der Waals surface area contributed by atoms with Crippen molar-refractivity contribution in [1.29, 1.82) is 0 Å². The molecule has 2 nitrogen and oxygen atoms in total. The first-order valence-corrected chi connectivity index (χ1v) is 7.93. The number of benzene rings is 1. The second-order valence-electron chi connectivity index (χ2n) is 6.59. The number of hydrogen-bond acceptors (Lipinski definition) is 2. The molecule has 1 aromatic carbocycles. The van der Waals surface area contributed by atoms with Gasteiger partial charge in [0.25, 0.3) is 0 Å². The Morgan fingerprint density at radius 3 is 2.71 bits per heavy atom. The van der Waals surface area contributed by atoms with Gasteiger partial charge in [0, 0.05) is 12.0 Å². The second kappa shape index (κ2) is 5.69. The van der Waals surface area contributed by atoms with Gasteiger partial charge in [0.1, 0.15) is 11.5 Å². The van der Waals surface area contributed by atoms with Crippen molar-refractivity contribution in [2.75, 3.05) is 0 Å². The van der Waals surface area contributed by atoms with E-state index < -0.39 is 0 Å². The Hall–Kier alpha value is -1.54. The number of furan rings is 1. The quantitative estimate of drug-likeness (QED) is 0.846. The van der Waals surface area contributed by atoms with Crippen molar-refractivity contribution in [2.24, 2.45) is 5.92 Å². The molecule has 1 heterocycles. The van der Waals surface area contributed by atoms with Crippen LogP contribution >= 0.6 is 0 Å². The highest BCUT2D eigenvalue weighted by Crippen LogP contribution is 2.47. The summed E-state index contributed by atoms with van der Waals surface area (Å²) in [7, 11) is 0. The fraction of sp³-hybridized carbons (Fsp3) is 0.474. The van der Waals surface area contributed by atoms with E-state index in [1.807, 2.05) is 0 Å². The summed E-state index contributed by atoms with van der Waals surface area (Å²) in [5.74, 6) is 3.67. The van der Waals surface area contributed by atoms with E-state index in [9.17, 15) is 0 Å². The Labute approximate surface area is 127 Å². The normalized spacial score (nSPS) is 22.3. The minimum Gasteiger partial charge on any atom is -0.464 e. The Kier molecular flexibility index (Phi) is 3.90. The van der Waals surface area contributed by atoms with Crippen molar-refractivity contribution in [3.8, 4) is 0 Å². The number of aryl methyl sites for hydroxylation is 2. The highest BCUT2D eigenvalue weighted by atomic mass is 16.3. The average Bonchev–Trinajstić information content (AvgIpc) is 3.01. The SMILES string of the molecule is Cc1ccc(C)c(C(C)NCc2ccc(C3CC3C)o2)c1. The largest absolute Gasteiger partial charge is 0.464 e. The van der Waals surface area contributed by atoms with Crippen LogP contribution in [0.2, 0.25) is 0 Å². The van der Waals surface area contributed by atoms with Gasteiger partial charge in [0.15, 0.2) is 0 Å². The van der Waals surface area contributed by atoms with Crippen LogP contribution in [0.3, 0.4) is 0 Å². The van der Waals surface area contributed by atoms with Gasteiger partial charge >= 0.3 is 0 Å². The standard InChI is InChI=1S/C19H25NO/c1-12-5-6-13(2)17(9-12)15(4)20-11-16-7-8-19(21-16)18-10-14(18)3/h5-9,14-15,18,20H,10-11H2,1-4H3. The van der Waals surface area contributed by atoms with E-state index in [1.165, 1.54) is 28.9 Å². The first kappa shape index (κ1) is 14.4. The van der Waals surface area contributed by atoms with E-state index in [1.54, 1.807) is 0 Å². The lowest BCUT2D eigenvalue weighted by molar-refractivity contribution is 0.430. The molecule has 0 spiro atoms. The van der Waals surface area contributed by atoms with Crippen LogP contribution in [0.4, 0.5) is 0 Å². The van der Waals surface area contributed by atoms with E-state index in [0.717, 1.165) is 18.2 Å². The van der Waals surface area contributed by atoms with Crippen LogP contribution in [0.15, 0.2) is 34.7 Å². The van der Waals surface area contributed by atoms with Gasteiger partial charge in [-0.25, -0.2) is 0 Å². The smallest absolute Gasteiger partial charge is 0.117 e. The molecule has 0 amide bonds. The van der Waals surface area contributed by atoms with Gasteiger partial charge in [-0.3, -0.25) is 0 Å². The van der Waals surface area contributed by atoms with Gasteiger partial charge in [-0.15, -0.1) is 0 Å². The van der Waals surface area contributed by atoms with Gasteiger partial charge in [0.05, 0.1) is 6.54 Å². The molecule has 3 atom stereocenters. The van der Waals surface area contributed by atoms with Crippen molar-refractivity contribution in [2.45, 2.75) is 52.6 Å². The molecule has 0 saturated heterocycles. The third-order valence-electron chi connectivity index (χ3n) is 4.64. The highest BCUT2D eigenvalue weighted by molar-refractivity contribution is 5.32. The molecule has 1 fully saturated rings. The first-order valence-electron chi connectivity index (χ1n) is 7.93.